The predicted octanol–water partition coefficient (Wildman–Crippen LogP) is 4.62. The zero-order valence-corrected chi connectivity index (χ0v) is 20.2. The first-order chi connectivity index (χ1) is 14.6. The number of rotatable bonds is 24. The van der Waals surface area contributed by atoms with Crippen LogP contribution in [0.3, 0.4) is 0 Å². The van der Waals surface area contributed by atoms with Crippen molar-refractivity contribution in [2.75, 3.05) is 59.5 Å². The molecule has 0 radical (unpaired) electrons. The number of aliphatic hydroxyl groups excluding tert-OH is 1. The van der Waals surface area contributed by atoms with Crippen molar-refractivity contribution in [1.29, 1.82) is 0 Å². The Morgan fingerprint density at radius 1 is 0.567 bits per heavy atom. The maximum Gasteiger partial charge on any atom is 0.0780 e. The minimum Gasteiger partial charge on any atom is -0.391 e. The number of aliphatic hydroxyl groups is 1. The molecule has 3 unspecified atom stereocenters. The second kappa shape index (κ2) is 23.4. The largest absolute Gasteiger partial charge is 0.391 e. The summed E-state index contributed by atoms with van der Waals surface area (Å²) in [5.41, 5.74) is 0. The molecule has 0 aliphatic carbocycles. The summed E-state index contributed by atoms with van der Waals surface area (Å²) in [6, 6.07) is 0. The van der Waals surface area contributed by atoms with Gasteiger partial charge in [-0.25, -0.2) is 0 Å². The van der Waals surface area contributed by atoms with Crippen molar-refractivity contribution < 1.29 is 28.8 Å². The highest BCUT2D eigenvalue weighted by molar-refractivity contribution is 4.54. The van der Waals surface area contributed by atoms with Crippen molar-refractivity contribution in [2.45, 2.75) is 91.3 Å². The average molecular weight is 435 g/mol. The molecule has 0 aromatic rings. The van der Waals surface area contributed by atoms with E-state index in [4.69, 9.17) is 28.8 Å². The first kappa shape index (κ1) is 29.8. The smallest absolute Gasteiger partial charge is 0.0780 e. The van der Waals surface area contributed by atoms with Gasteiger partial charge in [0.2, 0.25) is 0 Å². The van der Waals surface area contributed by atoms with Gasteiger partial charge in [0.25, 0.3) is 0 Å². The van der Waals surface area contributed by atoms with Crippen molar-refractivity contribution in [1.82, 2.24) is 0 Å². The molecule has 0 aromatic heterocycles. The van der Waals surface area contributed by atoms with E-state index in [2.05, 4.69) is 13.8 Å². The van der Waals surface area contributed by atoms with E-state index in [1.807, 2.05) is 6.92 Å². The highest BCUT2D eigenvalue weighted by atomic mass is 16.5. The van der Waals surface area contributed by atoms with Crippen LogP contribution in [0.5, 0.6) is 0 Å². The fourth-order valence-corrected chi connectivity index (χ4v) is 2.81. The molecule has 6 heteroatoms. The van der Waals surface area contributed by atoms with Gasteiger partial charge < -0.3 is 28.8 Å². The van der Waals surface area contributed by atoms with Crippen molar-refractivity contribution >= 4 is 0 Å². The lowest BCUT2D eigenvalue weighted by atomic mass is 10.2. The van der Waals surface area contributed by atoms with E-state index in [1.54, 1.807) is 6.92 Å². The van der Waals surface area contributed by atoms with Gasteiger partial charge in [-0.1, -0.05) is 26.7 Å². The SMILES string of the molecule is CCCOCCCCCCOCCCCCOCC(C)OCC(C)COCC(C)O. The second-order valence-electron chi connectivity index (χ2n) is 8.41. The lowest BCUT2D eigenvalue weighted by Gasteiger charge is -2.17. The molecule has 0 bridgehead atoms. The minimum absolute atomic E-state index is 0.0887. The van der Waals surface area contributed by atoms with Crippen LogP contribution in [0.4, 0.5) is 0 Å². The molecule has 0 fully saturated rings. The van der Waals surface area contributed by atoms with Crippen LogP contribution in [0, 0.1) is 5.92 Å². The summed E-state index contributed by atoms with van der Waals surface area (Å²) in [4.78, 5) is 0. The van der Waals surface area contributed by atoms with E-state index in [0.717, 1.165) is 65.1 Å². The Hall–Kier alpha value is -0.240. The lowest BCUT2D eigenvalue weighted by molar-refractivity contribution is -0.0368. The number of unbranched alkanes of at least 4 members (excludes halogenated alkanes) is 5. The third-order valence-electron chi connectivity index (χ3n) is 4.53. The van der Waals surface area contributed by atoms with Crippen LogP contribution in [-0.4, -0.2) is 76.8 Å². The van der Waals surface area contributed by atoms with Gasteiger partial charge in [0.05, 0.1) is 38.6 Å². The molecule has 0 aliphatic heterocycles. The first-order valence-electron chi connectivity index (χ1n) is 12.2. The molecule has 0 heterocycles. The van der Waals surface area contributed by atoms with E-state index in [9.17, 15) is 0 Å². The molecule has 0 aliphatic rings. The molecule has 0 aromatic carbocycles. The van der Waals surface area contributed by atoms with Gasteiger partial charge in [0.1, 0.15) is 0 Å². The molecule has 0 amide bonds. The van der Waals surface area contributed by atoms with Crippen LogP contribution >= 0.6 is 0 Å². The zero-order chi connectivity index (χ0) is 22.3. The number of ether oxygens (including phenoxy) is 5. The molecule has 0 saturated carbocycles. The fourth-order valence-electron chi connectivity index (χ4n) is 2.81. The normalized spacial score (nSPS) is 14.7. The molecule has 6 nitrogen and oxygen atoms in total. The summed E-state index contributed by atoms with van der Waals surface area (Å²) in [6.07, 6.45) is 8.88. The Morgan fingerprint density at radius 2 is 1.10 bits per heavy atom. The maximum atomic E-state index is 9.17. The highest BCUT2D eigenvalue weighted by Crippen LogP contribution is 2.04. The average Bonchev–Trinajstić information content (AvgIpc) is 2.71. The quantitative estimate of drug-likeness (QED) is 0.224. The Morgan fingerprint density at radius 3 is 1.67 bits per heavy atom. The van der Waals surface area contributed by atoms with Gasteiger partial charge in [-0.3, -0.25) is 0 Å². The van der Waals surface area contributed by atoms with Crippen molar-refractivity contribution in [2.24, 2.45) is 5.92 Å². The van der Waals surface area contributed by atoms with Crippen molar-refractivity contribution in [3.63, 3.8) is 0 Å². The molecule has 0 saturated heterocycles. The molecule has 3 atom stereocenters. The van der Waals surface area contributed by atoms with Crippen molar-refractivity contribution in [3.05, 3.63) is 0 Å². The van der Waals surface area contributed by atoms with Crippen LogP contribution < -0.4 is 0 Å². The van der Waals surface area contributed by atoms with Crippen LogP contribution in [-0.2, 0) is 23.7 Å². The summed E-state index contributed by atoms with van der Waals surface area (Å²) in [6.45, 7) is 14.6. The van der Waals surface area contributed by atoms with E-state index in [-0.39, 0.29) is 6.10 Å². The van der Waals surface area contributed by atoms with Gasteiger partial charge in [0, 0.05) is 39.0 Å². The summed E-state index contributed by atoms with van der Waals surface area (Å²) < 4.78 is 28.1. The summed E-state index contributed by atoms with van der Waals surface area (Å²) in [5.74, 6) is 0.311. The van der Waals surface area contributed by atoms with Gasteiger partial charge in [-0.05, 0) is 52.4 Å². The Kier molecular flexibility index (Phi) is 23.2. The van der Waals surface area contributed by atoms with Gasteiger partial charge >= 0.3 is 0 Å². The Bertz CT molecular complexity index is 327. The monoisotopic (exact) mass is 434 g/mol. The molecule has 0 rings (SSSR count). The molecule has 1 N–H and O–H groups in total. The molecule has 30 heavy (non-hydrogen) atoms. The standard InChI is InChI=1S/C24H50O6/c1-5-13-26-14-9-6-7-10-15-27-16-11-8-12-17-28-21-24(4)30-19-22(2)18-29-20-23(3)25/h22-25H,5-21H2,1-4H3. The molecule has 0 spiro atoms. The second-order valence-corrected chi connectivity index (χ2v) is 8.41. The first-order valence-corrected chi connectivity index (χ1v) is 12.2. The zero-order valence-electron chi connectivity index (χ0n) is 20.2. The summed E-state index contributed by atoms with van der Waals surface area (Å²) in [7, 11) is 0. The fraction of sp³-hybridized carbons (Fsp3) is 1.00. The highest BCUT2D eigenvalue weighted by Gasteiger charge is 2.08. The van der Waals surface area contributed by atoms with Crippen LogP contribution in [0.25, 0.3) is 0 Å². The lowest BCUT2D eigenvalue weighted by Crippen LogP contribution is -2.23. The predicted molar refractivity (Wildman–Crippen MR) is 122 cm³/mol. The van der Waals surface area contributed by atoms with Gasteiger partial charge in [0.15, 0.2) is 0 Å². The van der Waals surface area contributed by atoms with Crippen molar-refractivity contribution in [3.8, 4) is 0 Å². The molecular formula is C24H50O6. The van der Waals surface area contributed by atoms with Crippen LogP contribution in [0.15, 0.2) is 0 Å². The molecule has 182 valence electrons. The van der Waals surface area contributed by atoms with E-state index < -0.39 is 6.10 Å². The summed E-state index contributed by atoms with van der Waals surface area (Å²) in [5, 5.41) is 9.17. The van der Waals surface area contributed by atoms with E-state index in [0.29, 0.717) is 32.3 Å². The van der Waals surface area contributed by atoms with E-state index >= 15 is 0 Å². The third kappa shape index (κ3) is 24.0. The van der Waals surface area contributed by atoms with Crippen LogP contribution in [0.2, 0.25) is 0 Å². The molecular weight excluding hydrogens is 384 g/mol. The number of hydrogen-bond donors (Lipinski definition) is 1. The topological polar surface area (TPSA) is 66.4 Å². The maximum absolute atomic E-state index is 9.17. The van der Waals surface area contributed by atoms with Gasteiger partial charge in [-0.15, -0.1) is 0 Å². The minimum atomic E-state index is -0.414. The summed E-state index contributed by atoms with van der Waals surface area (Å²) >= 11 is 0. The van der Waals surface area contributed by atoms with Crippen LogP contribution in [0.1, 0.15) is 79.1 Å². The third-order valence-corrected chi connectivity index (χ3v) is 4.53. The van der Waals surface area contributed by atoms with E-state index in [1.165, 1.54) is 19.3 Å². The number of hydrogen-bond acceptors (Lipinski definition) is 6. The Balaban J connectivity index is 3.22. The van der Waals surface area contributed by atoms with Gasteiger partial charge in [-0.2, -0.15) is 0 Å². The Labute approximate surface area is 185 Å².